The zero-order valence-corrected chi connectivity index (χ0v) is 25.8. The lowest BCUT2D eigenvalue weighted by atomic mass is 9.71. The van der Waals surface area contributed by atoms with Crippen molar-refractivity contribution in [1.82, 2.24) is 20.2 Å². The molecule has 2 aliphatic heterocycles. The van der Waals surface area contributed by atoms with E-state index in [2.05, 4.69) is 15.3 Å². The number of alkyl carbamates (subject to hydrolysis) is 1. The third-order valence-corrected chi connectivity index (χ3v) is 10.0. The summed E-state index contributed by atoms with van der Waals surface area (Å²) in [4.78, 5) is 36.9. The third kappa shape index (κ3) is 6.12. The van der Waals surface area contributed by atoms with Gasteiger partial charge in [-0.25, -0.2) is 14.8 Å². The summed E-state index contributed by atoms with van der Waals surface area (Å²) >= 11 is 0. The first-order chi connectivity index (χ1) is 20.9. The third-order valence-electron chi connectivity index (χ3n) is 10.0. The molecule has 2 aromatic rings. The topological polar surface area (TPSA) is 103 Å². The lowest BCUT2D eigenvalue weighted by Crippen LogP contribution is -2.53. The molecule has 1 amide bonds. The predicted octanol–water partition coefficient (Wildman–Crippen LogP) is 5.62. The average molecular weight is 613 g/mol. The molecule has 2 saturated carbocycles. The van der Waals surface area contributed by atoms with E-state index in [1.54, 1.807) is 24.3 Å². The summed E-state index contributed by atoms with van der Waals surface area (Å²) in [7, 11) is 1.32. The van der Waals surface area contributed by atoms with E-state index in [1.807, 2.05) is 25.7 Å². The van der Waals surface area contributed by atoms with Gasteiger partial charge in [0, 0.05) is 25.6 Å². The van der Waals surface area contributed by atoms with Crippen molar-refractivity contribution < 1.29 is 32.6 Å². The fourth-order valence-corrected chi connectivity index (χ4v) is 7.39. The van der Waals surface area contributed by atoms with Gasteiger partial charge in [0.05, 0.1) is 18.1 Å². The Morgan fingerprint density at radius 1 is 1.05 bits per heavy atom. The van der Waals surface area contributed by atoms with Crippen LogP contribution in [-0.4, -0.2) is 71.4 Å². The van der Waals surface area contributed by atoms with Gasteiger partial charge in [-0.05, 0) is 73.5 Å². The molecular formula is C33H42F2N4O5. The highest BCUT2D eigenvalue weighted by Crippen LogP contribution is 2.53. The van der Waals surface area contributed by atoms with E-state index < -0.39 is 35.8 Å². The number of nitrogens with one attached hydrogen (secondary N) is 1. The molecule has 2 bridgehead atoms. The number of aromatic nitrogens is 2. The minimum Gasteiger partial charge on any atom is -0.471 e. The monoisotopic (exact) mass is 612 g/mol. The summed E-state index contributed by atoms with van der Waals surface area (Å²) in [6.07, 6.45) is 5.24. The summed E-state index contributed by atoms with van der Waals surface area (Å²) in [5.74, 6) is -3.09. The SMILES string of the molecule is COC(=O)C1CC2CN1CC(C(C)(C)C)NC(=O)OC1CC3CCC3C1CCC=CC(F)(F)c1nc3ccccc3nc1O2. The lowest BCUT2D eigenvalue weighted by molar-refractivity contribution is -0.146. The first-order valence-electron chi connectivity index (χ1n) is 15.7. The molecule has 2 aliphatic carbocycles. The van der Waals surface area contributed by atoms with Crippen molar-refractivity contribution in [2.24, 2.45) is 23.2 Å². The van der Waals surface area contributed by atoms with Crippen LogP contribution in [0.25, 0.3) is 11.0 Å². The number of allylic oxidation sites excluding steroid dienone is 2. The molecule has 1 aromatic heterocycles. The number of methoxy groups -OCH3 is 1. The zero-order chi connectivity index (χ0) is 31.2. The second kappa shape index (κ2) is 11.9. The Morgan fingerprint density at radius 2 is 1.80 bits per heavy atom. The minimum atomic E-state index is -3.44. The molecule has 8 unspecified atom stereocenters. The molecule has 8 atom stereocenters. The number of fused-ring (bicyclic) bond motifs is 7. The summed E-state index contributed by atoms with van der Waals surface area (Å²) in [6, 6.07) is 5.78. The van der Waals surface area contributed by atoms with Crippen LogP contribution in [0.2, 0.25) is 0 Å². The maximum Gasteiger partial charge on any atom is 0.407 e. The van der Waals surface area contributed by atoms with Crippen LogP contribution in [0.1, 0.15) is 65.0 Å². The van der Waals surface area contributed by atoms with Crippen LogP contribution in [0.3, 0.4) is 0 Å². The quantitative estimate of drug-likeness (QED) is 0.327. The Bertz CT molecular complexity index is 1430. The average Bonchev–Trinajstić information content (AvgIpc) is 3.45. The number of halogens is 2. The molecule has 6 rings (SSSR count). The summed E-state index contributed by atoms with van der Waals surface area (Å²) in [6.45, 7) is 6.61. The molecule has 0 spiro atoms. The van der Waals surface area contributed by atoms with Crippen molar-refractivity contribution in [2.75, 3.05) is 20.2 Å². The van der Waals surface area contributed by atoms with Gasteiger partial charge in [-0.15, -0.1) is 0 Å². The first kappa shape index (κ1) is 30.7. The van der Waals surface area contributed by atoms with Gasteiger partial charge in [-0.2, -0.15) is 8.78 Å². The van der Waals surface area contributed by atoms with Crippen molar-refractivity contribution in [3.05, 3.63) is 42.1 Å². The van der Waals surface area contributed by atoms with Crippen LogP contribution in [0, 0.1) is 23.2 Å². The van der Waals surface area contributed by atoms with E-state index in [0.29, 0.717) is 42.3 Å². The number of para-hydroxylation sites is 2. The van der Waals surface area contributed by atoms with Crippen LogP contribution in [0.15, 0.2) is 36.4 Å². The molecule has 4 aliphatic rings. The van der Waals surface area contributed by atoms with Crippen molar-refractivity contribution in [3.8, 4) is 5.88 Å². The van der Waals surface area contributed by atoms with E-state index >= 15 is 8.78 Å². The first-order valence-corrected chi connectivity index (χ1v) is 15.7. The van der Waals surface area contributed by atoms with E-state index in [4.69, 9.17) is 14.2 Å². The van der Waals surface area contributed by atoms with Gasteiger partial charge in [-0.1, -0.05) is 39.0 Å². The Labute approximate surface area is 256 Å². The Morgan fingerprint density at radius 3 is 2.48 bits per heavy atom. The second-order valence-corrected chi connectivity index (χ2v) is 13.8. The molecule has 3 heterocycles. The van der Waals surface area contributed by atoms with Gasteiger partial charge in [0.2, 0.25) is 5.88 Å². The largest absolute Gasteiger partial charge is 0.471 e. The standard InChI is InChI=1S/C33H42F2N4O5/c1-32(2,3)27-18-39-17-20(16-25(39)30(40)42-4)43-29-28(36-23-10-5-6-11-24(23)37-29)33(34,35)14-8-7-9-22-21-13-12-19(21)15-26(22)44-31(41)38-27/h5-6,8,10-11,14,19-22,25-27H,7,9,12-13,15-18H2,1-4H3,(H,38,41). The number of alkyl halides is 2. The summed E-state index contributed by atoms with van der Waals surface area (Å²) in [5, 5.41) is 3.10. The molecule has 0 radical (unpaired) electrons. The molecule has 44 heavy (non-hydrogen) atoms. The van der Waals surface area contributed by atoms with Crippen molar-refractivity contribution in [1.29, 1.82) is 0 Å². The Kier molecular flexibility index (Phi) is 8.28. The fraction of sp³-hybridized carbons (Fsp3) is 0.636. The summed E-state index contributed by atoms with van der Waals surface area (Å²) < 4.78 is 49.1. The van der Waals surface area contributed by atoms with Crippen molar-refractivity contribution in [2.45, 2.75) is 89.5 Å². The number of carbonyl (C=O) groups is 2. The number of nitrogens with zero attached hydrogens (tertiary/aromatic N) is 3. The highest BCUT2D eigenvalue weighted by molar-refractivity contribution is 5.76. The lowest BCUT2D eigenvalue weighted by Gasteiger charge is -2.36. The van der Waals surface area contributed by atoms with Crippen molar-refractivity contribution in [3.63, 3.8) is 0 Å². The molecule has 3 fully saturated rings. The maximum atomic E-state index is 15.9. The molecule has 1 saturated heterocycles. The molecule has 11 heteroatoms. The van der Waals surface area contributed by atoms with E-state index in [9.17, 15) is 9.59 Å². The van der Waals surface area contributed by atoms with Crippen molar-refractivity contribution >= 4 is 23.1 Å². The Hall–Kier alpha value is -3.34. The smallest absolute Gasteiger partial charge is 0.407 e. The number of esters is 1. The normalized spacial score (nSPS) is 33.7. The minimum absolute atomic E-state index is 0.118. The van der Waals surface area contributed by atoms with E-state index in [-0.39, 0.29) is 42.3 Å². The number of rotatable bonds is 1. The zero-order valence-electron chi connectivity index (χ0n) is 25.8. The van der Waals surface area contributed by atoms with E-state index in [0.717, 1.165) is 25.3 Å². The number of benzene rings is 1. The van der Waals surface area contributed by atoms with Crippen LogP contribution < -0.4 is 10.1 Å². The van der Waals surface area contributed by atoms with E-state index in [1.165, 1.54) is 13.2 Å². The highest BCUT2D eigenvalue weighted by Gasteiger charge is 2.50. The van der Waals surface area contributed by atoms with Gasteiger partial charge in [0.15, 0.2) is 5.69 Å². The number of amides is 1. The van der Waals surface area contributed by atoms with Crippen LogP contribution >= 0.6 is 0 Å². The van der Waals surface area contributed by atoms with Gasteiger partial charge < -0.3 is 19.5 Å². The highest BCUT2D eigenvalue weighted by atomic mass is 19.3. The number of ether oxygens (including phenoxy) is 3. The van der Waals surface area contributed by atoms with Gasteiger partial charge in [-0.3, -0.25) is 9.69 Å². The molecule has 1 N–H and O–H groups in total. The molecular weight excluding hydrogens is 570 g/mol. The fourth-order valence-electron chi connectivity index (χ4n) is 7.39. The Balaban J connectivity index is 1.38. The number of hydrogen-bond donors (Lipinski definition) is 1. The van der Waals surface area contributed by atoms with Crippen LogP contribution in [-0.2, 0) is 20.2 Å². The molecule has 9 nitrogen and oxygen atoms in total. The molecule has 238 valence electrons. The van der Waals surface area contributed by atoms with Gasteiger partial charge in [0.25, 0.3) is 0 Å². The maximum absolute atomic E-state index is 15.9. The van der Waals surface area contributed by atoms with Gasteiger partial charge >= 0.3 is 18.0 Å². The number of carbonyl (C=O) groups excluding carboxylic acids is 2. The number of hydrogen-bond acceptors (Lipinski definition) is 8. The van der Waals surface area contributed by atoms with Gasteiger partial charge in [0.1, 0.15) is 18.2 Å². The van der Waals surface area contributed by atoms with Crippen LogP contribution in [0.5, 0.6) is 5.88 Å². The summed E-state index contributed by atoms with van der Waals surface area (Å²) in [5.41, 5.74) is -0.151. The molecule has 1 aromatic carbocycles. The second-order valence-electron chi connectivity index (χ2n) is 13.8. The predicted molar refractivity (Wildman–Crippen MR) is 159 cm³/mol. The van der Waals surface area contributed by atoms with Crippen LogP contribution in [0.4, 0.5) is 13.6 Å².